The summed E-state index contributed by atoms with van der Waals surface area (Å²) >= 11 is 0. The number of hydrogen-bond donors (Lipinski definition) is 3. The molecule has 0 aliphatic heterocycles. The summed E-state index contributed by atoms with van der Waals surface area (Å²) in [5.41, 5.74) is 0. The summed E-state index contributed by atoms with van der Waals surface area (Å²) in [6.45, 7) is 2.35. The molecule has 0 radical (unpaired) electrons. The van der Waals surface area contributed by atoms with Crippen LogP contribution in [0.15, 0.2) is 24.3 Å². The van der Waals surface area contributed by atoms with Gasteiger partial charge < -0.3 is 24.6 Å². The lowest BCUT2D eigenvalue weighted by Crippen LogP contribution is -2.29. The van der Waals surface area contributed by atoms with Crippen molar-refractivity contribution in [3.05, 3.63) is 24.3 Å². The molecule has 0 heterocycles. The maximum absolute atomic E-state index is 12.6. The van der Waals surface area contributed by atoms with Crippen LogP contribution in [-0.4, -0.2) is 65.7 Å². The van der Waals surface area contributed by atoms with Gasteiger partial charge in [-0.1, -0.05) is 160 Å². The quantitative estimate of drug-likeness (QED) is 0.0238. The molecule has 312 valence electrons. The fourth-order valence-corrected chi connectivity index (χ4v) is 6.58. The molecule has 0 rings (SSSR count). The monoisotopic (exact) mass is 775 g/mol. The fraction of sp³-hybridized carbons (Fsp3) is 0.857. The van der Waals surface area contributed by atoms with Gasteiger partial charge in [-0.2, -0.15) is 0 Å². The van der Waals surface area contributed by atoms with Crippen molar-refractivity contribution in [2.75, 3.05) is 26.4 Å². The molecule has 10 nitrogen and oxygen atoms in total. The highest BCUT2D eigenvalue weighted by Crippen LogP contribution is 2.43. The molecule has 3 atom stereocenters. The summed E-state index contributed by atoms with van der Waals surface area (Å²) in [5, 5.41) is 18.3. The van der Waals surface area contributed by atoms with E-state index in [-0.39, 0.29) is 19.4 Å². The predicted molar refractivity (Wildman–Crippen MR) is 215 cm³/mol. The van der Waals surface area contributed by atoms with Crippen molar-refractivity contribution in [3.63, 3.8) is 0 Å². The first kappa shape index (κ1) is 51.5. The Morgan fingerprint density at radius 2 is 0.981 bits per heavy atom. The minimum atomic E-state index is -4.61. The van der Waals surface area contributed by atoms with Crippen molar-refractivity contribution in [1.29, 1.82) is 0 Å². The Kier molecular flexibility index (Phi) is 37.6. The largest absolute Gasteiger partial charge is 0.472 e. The van der Waals surface area contributed by atoms with E-state index in [4.69, 9.17) is 19.1 Å². The first-order valence-corrected chi connectivity index (χ1v) is 22.8. The molecule has 3 N–H and O–H groups in total. The Labute approximate surface area is 323 Å². The van der Waals surface area contributed by atoms with E-state index in [0.717, 1.165) is 57.8 Å². The maximum atomic E-state index is 12.6. The summed E-state index contributed by atoms with van der Waals surface area (Å²) in [6.07, 6.45) is 37.1. The second-order valence-electron chi connectivity index (χ2n) is 14.4. The van der Waals surface area contributed by atoms with Gasteiger partial charge in [-0.15, -0.1) is 0 Å². The molecule has 0 aliphatic carbocycles. The highest BCUT2D eigenvalue weighted by atomic mass is 31.2. The van der Waals surface area contributed by atoms with Gasteiger partial charge in [0, 0.05) is 12.8 Å². The fourth-order valence-electron chi connectivity index (χ4n) is 5.79. The summed E-state index contributed by atoms with van der Waals surface area (Å²) in [7, 11) is -4.61. The lowest BCUT2D eigenvalue weighted by molar-refractivity contribution is -0.161. The minimum absolute atomic E-state index is 0.185. The van der Waals surface area contributed by atoms with Crippen molar-refractivity contribution < 1.29 is 47.8 Å². The molecule has 0 aromatic rings. The van der Waals surface area contributed by atoms with Crippen LogP contribution < -0.4 is 0 Å². The topological polar surface area (TPSA) is 149 Å². The van der Waals surface area contributed by atoms with Gasteiger partial charge in [0.15, 0.2) is 6.10 Å². The van der Waals surface area contributed by atoms with Gasteiger partial charge in [-0.3, -0.25) is 18.6 Å². The first-order chi connectivity index (χ1) is 25.7. The van der Waals surface area contributed by atoms with E-state index in [2.05, 4.69) is 42.7 Å². The number of phosphoric acid groups is 1. The zero-order chi connectivity index (χ0) is 39.1. The number of allylic oxidation sites excluding steroid dienone is 4. The number of carbonyl (C=O) groups excluding carboxylic acids is 2. The Morgan fingerprint density at radius 1 is 0.566 bits per heavy atom. The number of unbranched alkanes of at least 4 members (excludes halogenated alkanes) is 22. The van der Waals surface area contributed by atoms with E-state index in [0.29, 0.717) is 12.8 Å². The van der Waals surface area contributed by atoms with Crippen LogP contribution in [0.5, 0.6) is 0 Å². The Balaban J connectivity index is 4.31. The van der Waals surface area contributed by atoms with E-state index in [1.54, 1.807) is 0 Å². The maximum Gasteiger partial charge on any atom is 0.472 e. The second kappa shape index (κ2) is 38.7. The van der Waals surface area contributed by atoms with E-state index in [9.17, 15) is 24.2 Å². The standard InChI is InChI=1S/C42H79O10P/c1-3-5-7-9-11-13-15-17-19-21-23-25-27-29-31-33-41(45)49-37-40(38-51-53(47,48)50-36-39(44)35-43)52-42(46)34-32-30-28-26-24-22-20-18-16-14-12-10-8-6-4-2/h11,13,17,19,39-40,43-44H,3-10,12,14-16,18,20-38H2,1-2H3,(H,47,48)/b13-11+,19-17+/t39-,40+/m0/s1. The molecular weight excluding hydrogens is 695 g/mol. The van der Waals surface area contributed by atoms with Crippen LogP contribution in [0.3, 0.4) is 0 Å². The molecule has 0 fully saturated rings. The van der Waals surface area contributed by atoms with E-state index < -0.39 is 51.8 Å². The highest BCUT2D eigenvalue weighted by Gasteiger charge is 2.27. The molecule has 0 saturated carbocycles. The highest BCUT2D eigenvalue weighted by molar-refractivity contribution is 7.47. The molecule has 11 heteroatoms. The smallest absolute Gasteiger partial charge is 0.462 e. The van der Waals surface area contributed by atoms with Crippen molar-refractivity contribution in [3.8, 4) is 0 Å². The Bertz CT molecular complexity index is 941. The van der Waals surface area contributed by atoms with Crippen LogP contribution >= 0.6 is 7.82 Å². The van der Waals surface area contributed by atoms with Gasteiger partial charge in [0.2, 0.25) is 0 Å². The number of ether oxygens (including phenoxy) is 2. The van der Waals surface area contributed by atoms with Gasteiger partial charge in [0.05, 0.1) is 19.8 Å². The van der Waals surface area contributed by atoms with Crippen LogP contribution in [0.1, 0.15) is 194 Å². The number of phosphoric ester groups is 1. The van der Waals surface area contributed by atoms with Crippen LogP contribution in [0.4, 0.5) is 0 Å². The van der Waals surface area contributed by atoms with Crippen molar-refractivity contribution in [2.24, 2.45) is 0 Å². The minimum Gasteiger partial charge on any atom is -0.462 e. The molecule has 0 amide bonds. The molecule has 0 aromatic carbocycles. The predicted octanol–water partition coefficient (Wildman–Crippen LogP) is 11.0. The van der Waals surface area contributed by atoms with Gasteiger partial charge >= 0.3 is 19.8 Å². The first-order valence-electron chi connectivity index (χ1n) is 21.3. The molecule has 0 aliphatic rings. The SMILES string of the molecule is CCCCC/C=C/C/C=C/CCCCCCCC(=O)OC[C@H](COP(=O)(O)OC[C@@H](O)CO)OC(=O)CCCCCCCCCCCCCCCCC. The van der Waals surface area contributed by atoms with Gasteiger partial charge in [0.25, 0.3) is 0 Å². The summed E-state index contributed by atoms with van der Waals surface area (Å²) < 4.78 is 32.7. The third-order valence-corrected chi connectivity index (χ3v) is 10.1. The second-order valence-corrected chi connectivity index (χ2v) is 15.8. The van der Waals surface area contributed by atoms with E-state index in [1.807, 2.05) is 0 Å². The van der Waals surface area contributed by atoms with Gasteiger partial charge in [0.1, 0.15) is 12.7 Å². The molecule has 1 unspecified atom stereocenters. The molecular formula is C42H79O10P. The number of esters is 2. The normalized spacial score (nSPS) is 14.1. The zero-order valence-electron chi connectivity index (χ0n) is 33.7. The average Bonchev–Trinajstić information content (AvgIpc) is 3.14. The molecule has 53 heavy (non-hydrogen) atoms. The summed E-state index contributed by atoms with van der Waals surface area (Å²) in [6, 6.07) is 0. The Hall–Kier alpha value is -1.55. The van der Waals surface area contributed by atoms with Crippen molar-refractivity contribution in [1.82, 2.24) is 0 Å². The number of aliphatic hydroxyl groups excluding tert-OH is 2. The number of hydrogen-bond acceptors (Lipinski definition) is 9. The van der Waals surface area contributed by atoms with E-state index in [1.165, 1.54) is 96.3 Å². The number of rotatable bonds is 40. The lowest BCUT2D eigenvalue weighted by Gasteiger charge is -2.20. The van der Waals surface area contributed by atoms with Gasteiger partial charge in [-0.25, -0.2) is 4.57 Å². The van der Waals surface area contributed by atoms with Crippen LogP contribution in [0, 0.1) is 0 Å². The third-order valence-electron chi connectivity index (χ3n) is 9.11. The Morgan fingerprint density at radius 3 is 1.49 bits per heavy atom. The van der Waals surface area contributed by atoms with Crippen LogP contribution in [0.25, 0.3) is 0 Å². The van der Waals surface area contributed by atoms with Crippen molar-refractivity contribution in [2.45, 2.75) is 206 Å². The summed E-state index contributed by atoms with van der Waals surface area (Å²) in [5.74, 6) is -0.934. The van der Waals surface area contributed by atoms with Crippen molar-refractivity contribution >= 4 is 19.8 Å². The van der Waals surface area contributed by atoms with E-state index >= 15 is 0 Å². The van der Waals surface area contributed by atoms with Crippen LogP contribution in [0.2, 0.25) is 0 Å². The lowest BCUT2D eigenvalue weighted by atomic mass is 10.0. The van der Waals surface area contributed by atoms with Crippen LogP contribution in [-0.2, 0) is 32.7 Å². The summed E-state index contributed by atoms with van der Waals surface area (Å²) in [4.78, 5) is 34.9. The molecule has 0 bridgehead atoms. The number of carbonyl (C=O) groups is 2. The van der Waals surface area contributed by atoms with Gasteiger partial charge in [-0.05, 0) is 44.9 Å². The third kappa shape index (κ3) is 38.5. The number of aliphatic hydroxyl groups is 2. The molecule has 0 saturated heterocycles. The molecule has 0 aromatic heterocycles. The average molecular weight is 775 g/mol. The molecule has 0 spiro atoms. The zero-order valence-corrected chi connectivity index (χ0v) is 34.6.